The van der Waals surface area contributed by atoms with Crippen molar-refractivity contribution in [2.75, 3.05) is 0 Å². The molecule has 0 N–H and O–H groups in total. The molecule has 0 radical (unpaired) electrons. The van der Waals surface area contributed by atoms with E-state index < -0.39 is 0 Å². The molecule has 0 atom stereocenters. The lowest BCUT2D eigenvalue weighted by atomic mass is 9.73. The molecule has 0 saturated carbocycles. The molecular weight excluding hydrogens is 177 g/mol. The van der Waals surface area contributed by atoms with E-state index in [0.29, 0.717) is 0 Å². The van der Waals surface area contributed by atoms with E-state index in [1.54, 1.807) is 0 Å². The van der Waals surface area contributed by atoms with Gasteiger partial charge in [-0.25, -0.2) is 0 Å². The van der Waals surface area contributed by atoms with Gasteiger partial charge in [0.25, 0.3) is 0 Å². The number of benzene rings is 2. The van der Waals surface area contributed by atoms with Gasteiger partial charge in [0, 0.05) is 0 Å². The van der Waals surface area contributed by atoms with Gasteiger partial charge in [0.15, 0.2) is 0 Å². The van der Waals surface area contributed by atoms with Crippen LogP contribution in [0.25, 0.3) is 11.1 Å². The molecule has 0 amide bonds. The van der Waals surface area contributed by atoms with Gasteiger partial charge in [-0.1, -0.05) is 58.9 Å². The molecule has 0 aliphatic carbocycles. The van der Waals surface area contributed by atoms with Crippen molar-refractivity contribution in [3.8, 4) is 11.1 Å². The van der Waals surface area contributed by atoms with Gasteiger partial charge in [0.05, 0.1) is 0 Å². The van der Waals surface area contributed by atoms with Crippen molar-refractivity contribution < 1.29 is 0 Å². The van der Waals surface area contributed by atoms with Crippen molar-refractivity contribution in [2.24, 2.45) is 0 Å². The molecule has 0 fully saturated rings. The van der Waals surface area contributed by atoms with Gasteiger partial charge in [-0.2, -0.15) is 0 Å². The molecule has 2 aromatic rings. The van der Waals surface area contributed by atoms with Gasteiger partial charge in [-0.15, -0.1) is 0 Å². The largest absolute Gasteiger partial charge is 0.139 e. The van der Waals surface area contributed by atoms with Crippen molar-refractivity contribution in [2.45, 2.75) is 0 Å². The zero-order valence-electron chi connectivity index (χ0n) is 9.54. The molecule has 0 spiro atoms. The van der Waals surface area contributed by atoms with Crippen LogP contribution >= 0.6 is 0 Å². The summed E-state index contributed by atoms with van der Waals surface area (Å²) in [6.45, 7) is 0. The van der Waals surface area contributed by atoms with Crippen molar-refractivity contribution in [1.29, 1.82) is 0 Å². The van der Waals surface area contributed by atoms with Gasteiger partial charge < -0.3 is 0 Å². The van der Waals surface area contributed by atoms with E-state index in [0.717, 1.165) is 0 Å². The second kappa shape index (κ2) is 4.02. The van der Waals surface area contributed by atoms with E-state index in [4.69, 9.17) is 0 Å². The second-order valence-corrected chi connectivity index (χ2v) is 4.12. The van der Waals surface area contributed by atoms with Crippen LogP contribution in [-0.2, 0) is 0 Å². The second-order valence-electron chi connectivity index (χ2n) is 4.12. The summed E-state index contributed by atoms with van der Waals surface area (Å²) in [6, 6.07) is 15.1. The third-order valence-electron chi connectivity index (χ3n) is 2.90. The predicted molar refractivity (Wildman–Crippen MR) is 76.4 cm³/mol. The molecule has 70 valence electrons. The topological polar surface area (TPSA) is 0 Å². The fourth-order valence-electron chi connectivity index (χ4n) is 1.96. The Labute approximate surface area is 93.9 Å². The van der Waals surface area contributed by atoms with Gasteiger partial charge in [0.2, 0.25) is 0 Å². The van der Waals surface area contributed by atoms with Crippen LogP contribution in [0, 0.1) is 0 Å². The Morgan fingerprint density at radius 3 is 2.13 bits per heavy atom. The van der Waals surface area contributed by atoms with Crippen molar-refractivity contribution in [3.05, 3.63) is 42.5 Å². The van der Waals surface area contributed by atoms with Crippen LogP contribution in [0.1, 0.15) is 0 Å². The minimum absolute atomic E-state index is 1.31. The first-order valence-electron chi connectivity index (χ1n) is 5.32. The van der Waals surface area contributed by atoms with Crippen molar-refractivity contribution in [1.82, 2.24) is 0 Å². The normalized spacial score (nSPS) is 10.1. The van der Waals surface area contributed by atoms with Gasteiger partial charge in [-0.05, 0) is 11.1 Å². The maximum atomic E-state index is 2.26. The monoisotopic (exact) mass is 190 g/mol. The molecule has 15 heavy (non-hydrogen) atoms. The van der Waals surface area contributed by atoms with Crippen molar-refractivity contribution in [3.63, 3.8) is 0 Å². The Morgan fingerprint density at radius 2 is 1.47 bits per heavy atom. The van der Waals surface area contributed by atoms with E-state index in [2.05, 4.69) is 66.0 Å². The Hall–Kier alpha value is -1.37. The zero-order chi connectivity index (χ0) is 10.8. The smallest absolute Gasteiger partial charge is 0.0951 e. The molecule has 0 aliphatic heterocycles. The number of hydrogen-bond acceptors (Lipinski definition) is 0. The van der Waals surface area contributed by atoms with E-state index in [1.807, 2.05) is 0 Å². The van der Waals surface area contributed by atoms with E-state index >= 15 is 0 Å². The molecule has 3 heteroatoms. The lowest BCUT2D eigenvalue weighted by Gasteiger charge is -2.11. The van der Waals surface area contributed by atoms with Gasteiger partial charge in [0.1, 0.15) is 23.5 Å². The molecule has 0 saturated heterocycles. The van der Waals surface area contributed by atoms with Crippen LogP contribution in [0.2, 0.25) is 0 Å². The summed E-state index contributed by atoms with van der Waals surface area (Å²) in [6.07, 6.45) is 0. The van der Waals surface area contributed by atoms with Gasteiger partial charge in [-0.3, -0.25) is 0 Å². The Morgan fingerprint density at radius 1 is 0.800 bits per heavy atom. The summed E-state index contributed by atoms with van der Waals surface area (Å²) >= 11 is 0. The highest BCUT2D eigenvalue weighted by atomic mass is 14.0. The molecule has 0 aromatic heterocycles. The lowest BCUT2D eigenvalue weighted by Crippen LogP contribution is -2.31. The third-order valence-corrected chi connectivity index (χ3v) is 2.90. The number of hydrogen-bond donors (Lipinski definition) is 0. The molecule has 0 heterocycles. The Bertz CT molecular complexity index is 478. The van der Waals surface area contributed by atoms with E-state index in [1.165, 1.54) is 27.5 Å². The van der Waals surface area contributed by atoms with Crippen LogP contribution in [0.4, 0.5) is 0 Å². The third kappa shape index (κ3) is 2.01. The Kier molecular flexibility index (Phi) is 2.72. The van der Waals surface area contributed by atoms with Crippen LogP contribution in [0.15, 0.2) is 42.5 Å². The highest BCUT2D eigenvalue weighted by molar-refractivity contribution is 6.52. The first-order valence-corrected chi connectivity index (χ1v) is 5.32. The molecule has 0 nitrogen and oxygen atoms in total. The standard InChI is InChI=1S/C12H13B3/c13-9-6-10(12(15)11(14)7-9)8-4-2-1-3-5-8/h1-7H,13-15H2. The SMILES string of the molecule is Bc1cc(B)c(B)c(-c2ccccc2)c1. The van der Waals surface area contributed by atoms with E-state index in [9.17, 15) is 0 Å². The number of rotatable bonds is 1. The summed E-state index contributed by atoms with van der Waals surface area (Å²) in [5.41, 5.74) is 6.74. The molecule has 0 aliphatic rings. The maximum absolute atomic E-state index is 2.26. The molecule has 2 aromatic carbocycles. The minimum atomic E-state index is 1.31. The summed E-state index contributed by atoms with van der Waals surface area (Å²) in [5, 5.41) is 0. The first-order chi connectivity index (χ1) is 7.18. The highest BCUT2D eigenvalue weighted by Crippen LogP contribution is 2.13. The van der Waals surface area contributed by atoms with Crippen molar-refractivity contribution >= 4 is 39.9 Å². The average Bonchev–Trinajstić information content (AvgIpc) is 2.24. The Balaban J connectivity index is 2.63. The van der Waals surface area contributed by atoms with Gasteiger partial charge >= 0.3 is 0 Å². The fourth-order valence-corrected chi connectivity index (χ4v) is 1.96. The zero-order valence-corrected chi connectivity index (χ0v) is 9.54. The van der Waals surface area contributed by atoms with Crippen LogP contribution < -0.4 is 16.4 Å². The molecule has 2 rings (SSSR count). The molecule has 0 bridgehead atoms. The maximum Gasteiger partial charge on any atom is 0.139 e. The average molecular weight is 190 g/mol. The summed E-state index contributed by atoms with van der Waals surface area (Å²) in [4.78, 5) is 0. The predicted octanol–water partition coefficient (Wildman–Crippen LogP) is -1.87. The highest BCUT2D eigenvalue weighted by Gasteiger charge is 2.03. The summed E-state index contributed by atoms with van der Waals surface area (Å²) in [7, 11) is 6.52. The van der Waals surface area contributed by atoms with Crippen LogP contribution in [0.3, 0.4) is 0 Å². The van der Waals surface area contributed by atoms with Crippen LogP contribution in [-0.4, -0.2) is 23.5 Å². The fraction of sp³-hybridized carbons (Fsp3) is 0. The first kappa shape index (κ1) is 10.2. The molecular formula is C12H13B3. The lowest BCUT2D eigenvalue weighted by molar-refractivity contribution is 1.67. The quantitative estimate of drug-likeness (QED) is 0.462. The van der Waals surface area contributed by atoms with Crippen LogP contribution in [0.5, 0.6) is 0 Å². The summed E-state index contributed by atoms with van der Waals surface area (Å²) in [5.74, 6) is 0. The summed E-state index contributed by atoms with van der Waals surface area (Å²) < 4.78 is 0. The minimum Gasteiger partial charge on any atom is -0.0951 e. The van der Waals surface area contributed by atoms with E-state index in [-0.39, 0.29) is 0 Å². The molecule has 0 unspecified atom stereocenters.